The number of carbonyl (C=O) groups is 2. The third kappa shape index (κ3) is 5.29. The summed E-state index contributed by atoms with van der Waals surface area (Å²) in [7, 11) is -4.60. The van der Waals surface area contributed by atoms with Gasteiger partial charge >= 0.3 is 6.18 Å². The maximum Gasteiger partial charge on any atom is 0.389 e. The lowest BCUT2D eigenvalue weighted by Crippen LogP contribution is -2.42. The number of hydrogen-bond acceptors (Lipinski definition) is 5. The topological polar surface area (TPSA) is 80.8 Å². The van der Waals surface area contributed by atoms with Crippen LogP contribution in [0.2, 0.25) is 0 Å². The van der Waals surface area contributed by atoms with Gasteiger partial charge in [0.1, 0.15) is 0 Å². The van der Waals surface area contributed by atoms with E-state index in [2.05, 4.69) is 16.1 Å². The van der Waals surface area contributed by atoms with Crippen molar-refractivity contribution in [1.82, 2.24) is 5.06 Å². The molecule has 32 heavy (non-hydrogen) atoms. The van der Waals surface area contributed by atoms with Crippen molar-refractivity contribution in [2.75, 3.05) is 5.75 Å². The molecule has 0 saturated heterocycles. The van der Waals surface area contributed by atoms with E-state index in [1.807, 2.05) is 6.92 Å². The summed E-state index contributed by atoms with van der Waals surface area (Å²) in [6, 6.07) is 7.72. The minimum Gasteiger partial charge on any atom is -0.266 e. The van der Waals surface area contributed by atoms with Crippen LogP contribution in [0.5, 0.6) is 0 Å². The number of hydroxylamine groups is 2. The van der Waals surface area contributed by atoms with Gasteiger partial charge in [-0.25, -0.2) is 0 Å². The number of carbonyl (C=O) groups excluding carboxylic acids is 2. The molecule has 0 fully saturated rings. The SMILES string of the molecule is CCCCC#Cc1ccc2c3c(cccc13)C(=O)N(OS(=O)(=O)CCCC(F)(F)F)C2=O. The van der Waals surface area contributed by atoms with Gasteiger partial charge in [-0.15, -0.1) is 9.35 Å². The lowest BCUT2D eigenvalue weighted by atomic mass is 9.92. The molecule has 2 amide bonds. The third-order valence-corrected chi connectivity index (χ3v) is 5.96. The summed E-state index contributed by atoms with van der Waals surface area (Å²) in [4.78, 5) is 25.7. The second-order valence-corrected chi connectivity index (χ2v) is 8.93. The van der Waals surface area contributed by atoms with Crippen molar-refractivity contribution in [3.63, 3.8) is 0 Å². The smallest absolute Gasteiger partial charge is 0.266 e. The highest BCUT2D eigenvalue weighted by Crippen LogP contribution is 2.32. The summed E-state index contributed by atoms with van der Waals surface area (Å²) in [6.45, 7) is 2.05. The monoisotopic (exact) mass is 467 g/mol. The minimum absolute atomic E-state index is 0.0415. The predicted octanol–water partition coefficient (Wildman–Crippen LogP) is 4.58. The minimum atomic E-state index is -4.60. The Morgan fingerprint density at radius 1 is 1.03 bits per heavy atom. The summed E-state index contributed by atoms with van der Waals surface area (Å²) < 4.78 is 65.7. The average Bonchev–Trinajstić information content (AvgIpc) is 2.71. The molecule has 1 aliphatic rings. The van der Waals surface area contributed by atoms with E-state index in [9.17, 15) is 31.2 Å². The lowest BCUT2D eigenvalue weighted by molar-refractivity contribution is -0.134. The number of amides is 2. The van der Waals surface area contributed by atoms with Crippen molar-refractivity contribution in [2.24, 2.45) is 0 Å². The van der Waals surface area contributed by atoms with Gasteiger partial charge in [-0.1, -0.05) is 37.3 Å². The average molecular weight is 467 g/mol. The van der Waals surface area contributed by atoms with Crippen LogP contribution in [-0.4, -0.2) is 37.2 Å². The van der Waals surface area contributed by atoms with Crippen molar-refractivity contribution >= 4 is 32.7 Å². The Bertz CT molecular complexity index is 1200. The fourth-order valence-corrected chi connectivity index (χ4v) is 4.21. The van der Waals surface area contributed by atoms with Gasteiger partial charge in [0.05, 0.1) is 16.9 Å². The first-order valence-electron chi connectivity index (χ1n) is 9.96. The second kappa shape index (κ2) is 9.30. The Hall–Kier alpha value is -2.90. The van der Waals surface area contributed by atoms with Crippen molar-refractivity contribution < 1.29 is 35.5 Å². The van der Waals surface area contributed by atoms with Gasteiger partial charge in [0.25, 0.3) is 21.9 Å². The van der Waals surface area contributed by atoms with E-state index in [1.165, 1.54) is 12.1 Å². The van der Waals surface area contributed by atoms with Crippen LogP contribution in [0, 0.1) is 11.8 Å². The molecule has 0 spiro atoms. The molecule has 10 heteroatoms. The van der Waals surface area contributed by atoms with Gasteiger partial charge in [0.2, 0.25) is 0 Å². The Morgan fingerprint density at radius 2 is 1.72 bits per heavy atom. The fourth-order valence-electron chi connectivity index (χ4n) is 3.27. The number of halogens is 3. The number of nitrogens with zero attached hydrogens (tertiary/aromatic N) is 1. The van der Waals surface area contributed by atoms with E-state index in [0.717, 1.165) is 12.8 Å². The van der Waals surface area contributed by atoms with E-state index < -0.39 is 46.7 Å². The van der Waals surface area contributed by atoms with E-state index in [0.29, 0.717) is 22.8 Å². The first-order chi connectivity index (χ1) is 15.0. The Morgan fingerprint density at radius 3 is 2.38 bits per heavy atom. The molecule has 0 bridgehead atoms. The number of alkyl halides is 3. The van der Waals surface area contributed by atoms with Crippen molar-refractivity contribution in [3.8, 4) is 11.8 Å². The molecule has 0 atom stereocenters. The standard InChI is InChI=1S/C22H20F3NO5S/c1-2-3-4-5-8-15-11-12-18-19-16(15)9-6-10-17(19)20(27)26(21(18)28)31-32(29,30)14-7-13-22(23,24)25/h6,9-12H,2-4,7,13-14H2,1H3. The molecule has 0 aliphatic carbocycles. The first kappa shape index (κ1) is 23.8. The fraction of sp³-hybridized carbons (Fsp3) is 0.364. The van der Waals surface area contributed by atoms with Crippen LogP contribution >= 0.6 is 0 Å². The molecule has 0 aromatic heterocycles. The molecule has 0 unspecified atom stereocenters. The maximum atomic E-state index is 12.8. The zero-order valence-electron chi connectivity index (χ0n) is 17.2. The molecule has 0 N–H and O–H groups in total. The predicted molar refractivity (Wildman–Crippen MR) is 111 cm³/mol. The summed E-state index contributed by atoms with van der Waals surface area (Å²) in [5.41, 5.74) is 0.705. The van der Waals surface area contributed by atoms with Gasteiger partial charge in [-0.2, -0.15) is 21.6 Å². The molecule has 1 heterocycles. The summed E-state index contributed by atoms with van der Waals surface area (Å²) in [6.07, 6.45) is -3.98. The van der Waals surface area contributed by atoms with Gasteiger partial charge in [-0.3, -0.25) is 9.59 Å². The van der Waals surface area contributed by atoms with E-state index >= 15 is 0 Å². The normalized spacial score (nSPS) is 13.9. The Labute approximate surface area is 183 Å². The zero-order chi connectivity index (χ0) is 23.5. The van der Waals surface area contributed by atoms with Gasteiger partial charge in [-0.05, 0) is 36.4 Å². The maximum absolute atomic E-state index is 12.8. The Kier molecular flexibility index (Phi) is 6.91. The largest absolute Gasteiger partial charge is 0.389 e. The van der Waals surface area contributed by atoms with Crippen LogP contribution in [0.3, 0.4) is 0 Å². The van der Waals surface area contributed by atoms with Crippen LogP contribution in [0.15, 0.2) is 30.3 Å². The summed E-state index contributed by atoms with van der Waals surface area (Å²) >= 11 is 0. The number of imide groups is 1. The molecule has 0 radical (unpaired) electrons. The highest BCUT2D eigenvalue weighted by molar-refractivity contribution is 7.86. The van der Waals surface area contributed by atoms with Crippen molar-refractivity contribution in [1.29, 1.82) is 0 Å². The zero-order valence-corrected chi connectivity index (χ0v) is 18.0. The number of rotatable bonds is 7. The van der Waals surface area contributed by atoms with Crippen molar-refractivity contribution in [2.45, 2.75) is 45.2 Å². The molecule has 170 valence electrons. The number of hydrogen-bond donors (Lipinski definition) is 0. The van der Waals surface area contributed by atoms with Crippen molar-refractivity contribution in [3.05, 3.63) is 47.0 Å². The molecule has 3 rings (SSSR count). The molecule has 1 aliphatic heterocycles. The van der Waals surface area contributed by atoms with Crippen LogP contribution in [0.4, 0.5) is 13.2 Å². The molecular weight excluding hydrogens is 447 g/mol. The van der Waals surface area contributed by atoms with Crippen LogP contribution in [0.1, 0.15) is 65.3 Å². The molecule has 2 aromatic rings. The van der Waals surface area contributed by atoms with E-state index in [4.69, 9.17) is 0 Å². The lowest BCUT2D eigenvalue weighted by Gasteiger charge is -2.25. The van der Waals surface area contributed by atoms with Gasteiger partial charge in [0.15, 0.2) is 0 Å². The van der Waals surface area contributed by atoms with Crippen LogP contribution in [0.25, 0.3) is 10.8 Å². The number of unbranched alkanes of at least 4 members (excludes halogenated alkanes) is 2. The van der Waals surface area contributed by atoms with E-state index in [-0.39, 0.29) is 16.2 Å². The Balaban J connectivity index is 1.91. The van der Waals surface area contributed by atoms with Gasteiger partial charge < -0.3 is 0 Å². The first-order valence-corrected chi connectivity index (χ1v) is 11.5. The molecule has 2 aromatic carbocycles. The number of benzene rings is 2. The summed E-state index contributed by atoms with van der Waals surface area (Å²) in [5, 5.41) is 0.990. The highest BCUT2D eigenvalue weighted by Gasteiger charge is 2.38. The van der Waals surface area contributed by atoms with Crippen LogP contribution in [-0.2, 0) is 14.4 Å². The molecular formula is C22H20F3NO5S. The molecule has 6 nitrogen and oxygen atoms in total. The third-order valence-electron chi connectivity index (χ3n) is 4.79. The van der Waals surface area contributed by atoms with Gasteiger partial charge in [0, 0.05) is 23.8 Å². The highest BCUT2D eigenvalue weighted by atomic mass is 32.2. The van der Waals surface area contributed by atoms with Crippen LogP contribution < -0.4 is 0 Å². The quantitative estimate of drug-likeness (QED) is 0.338. The second-order valence-electron chi connectivity index (χ2n) is 7.25. The van der Waals surface area contributed by atoms with E-state index in [1.54, 1.807) is 18.2 Å². The molecule has 0 saturated carbocycles. The summed E-state index contributed by atoms with van der Waals surface area (Å²) in [5.74, 6) is 3.07.